The van der Waals surface area contributed by atoms with Gasteiger partial charge >= 0.3 is 0 Å². The van der Waals surface area contributed by atoms with Crippen LogP contribution < -0.4 is 25.7 Å². The average Bonchev–Trinajstić information content (AvgIpc) is 3.31. The van der Waals surface area contributed by atoms with Crippen molar-refractivity contribution in [2.75, 3.05) is 19.5 Å². The summed E-state index contributed by atoms with van der Waals surface area (Å²) < 4.78 is 11.7. The van der Waals surface area contributed by atoms with Crippen LogP contribution in [-0.4, -0.2) is 46.6 Å². The van der Waals surface area contributed by atoms with E-state index in [9.17, 15) is 14.4 Å². The minimum Gasteiger partial charge on any atom is -0.493 e. The molecule has 2 amide bonds. The Bertz CT molecular complexity index is 1160. The summed E-state index contributed by atoms with van der Waals surface area (Å²) in [7, 11) is 2.96. The van der Waals surface area contributed by atoms with Crippen LogP contribution in [0.4, 0.5) is 5.13 Å². The minimum atomic E-state index is -0.773. The van der Waals surface area contributed by atoms with E-state index in [0.717, 1.165) is 0 Å². The fraction of sp³-hybridized carbons (Fsp3) is 0.381. The lowest BCUT2D eigenvalue weighted by Gasteiger charge is -2.23. The molecule has 0 bridgehead atoms. The highest BCUT2D eigenvalue weighted by molar-refractivity contribution is 7.13. The van der Waals surface area contributed by atoms with Gasteiger partial charge < -0.3 is 20.1 Å². The van der Waals surface area contributed by atoms with Gasteiger partial charge in [-0.2, -0.15) is 0 Å². The predicted molar refractivity (Wildman–Crippen MR) is 121 cm³/mol. The van der Waals surface area contributed by atoms with E-state index in [-0.39, 0.29) is 23.8 Å². The molecule has 11 heteroatoms. The third-order valence-electron chi connectivity index (χ3n) is 5.12. The lowest BCUT2D eigenvalue weighted by molar-refractivity contribution is -0.128. The summed E-state index contributed by atoms with van der Waals surface area (Å²) in [5, 5.41) is 7.94. The number of methoxy groups -OCH3 is 2. The van der Waals surface area contributed by atoms with E-state index >= 15 is 0 Å². The number of carbonyl (C=O) groups excluding carboxylic acids is 2. The average molecular weight is 460 g/mol. The zero-order chi connectivity index (χ0) is 23.3. The number of carbonyl (C=O) groups is 2. The number of ether oxygens (including phenoxy) is 2. The van der Waals surface area contributed by atoms with Gasteiger partial charge in [0.15, 0.2) is 16.6 Å². The molecule has 0 radical (unpaired) electrons. The van der Waals surface area contributed by atoms with Crippen molar-refractivity contribution >= 4 is 39.2 Å². The molecule has 2 N–H and O–H groups in total. The summed E-state index contributed by atoms with van der Waals surface area (Å²) in [5.41, 5.74) is 0.0167. The first-order valence-corrected chi connectivity index (χ1v) is 10.9. The van der Waals surface area contributed by atoms with Crippen LogP contribution >= 0.6 is 11.3 Å². The molecule has 32 heavy (non-hydrogen) atoms. The Morgan fingerprint density at radius 3 is 2.53 bits per heavy atom. The monoisotopic (exact) mass is 459 g/mol. The zero-order valence-electron chi connectivity index (χ0n) is 18.2. The maximum Gasteiger partial charge on any atom is 0.261 e. The van der Waals surface area contributed by atoms with E-state index in [2.05, 4.69) is 20.6 Å². The van der Waals surface area contributed by atoms with Crippen LogP contribution in [0.5, 0.6) is 11.5 Å². The molecule has 0 aliphatic rings. The summed E-state index contributed by atoms with van der Waals surface area (Å²) in [6.45, 7) is 3.52. The molecule has 0 aliphatic heterocycles. The van der Waals surface area contributed by atoms with Crippen LogP contribution in [0.2, 0.25) is 0 Å². The number of hydrogen-bond donors (Lipinski definition) is 2. The van der Waals surface area contributed by atoms with Crippen LogP contribution in [0.15, 0.2) is 34.8 Å². The highest BCUT2D eigenvalue weighted by Gasteiger charge is 2.26. The Morgan fingerprint density at radius 1 is 1.19 bits per heavy atom. The van der Waals surface area contributed by atoms with Crippen molar-refractivity contribution in [3.63, 3.8) is 0 Å². The predicted octanol–water partition coefficient (Wildman–Crippen LogP) is 2.04. The van der Waals surface area contributed by atoms with Gasteiger partial charge in [-0.1, -0.05) is 20.3 Å². The van der Waals surface area contributed by atoms with Gasteiger partial charge in [-0.15, -0.1) is 11.3 Å². The van der Waals surface area contributed by atoms with Crippen molar-refractivity contribution in [3.05, 3.63) is 40.4 Å². The van der Waals surface area contributed by atoms with Gasteiger partial charge in [-0.3, -0.25) is 19.0 Å². The fourth-order valence-corrected chi connectivity index (χ4v) is 3.67. The highest BCUT2D eigenvalue weighted by Crippen LogP contribution is 2.29. The molecule has 0 saturated carbocycles. The molecule has 1 aromatic carbocycles. The van der Waals surface area contributed by atoms with E-state index in [1.165, 1.54) is 42.5 Å². The highest BCUT2D eigenvalue weighted by atomic mass is 32.1. The lowest BCUT2D eigenvalue weighted by atomic mass is 9.98. The second-order valence-electron chi connectivity index (χ2n) is 7.16. The van der Waals surface area contributed by atoms with Gasteiger partial charge in [-0.25, -0.2) is 9.97 Å². The smallest absolute Gasteiger partial charge is 0.261 e. The SMILES string of the molecule is CC[C@H](C)[C@H](NC(=O)Cn1cnc2cc(OC)c(OC)cc2c1=O)C(=O)Nc1nccs1. The Hall–Kier alpha value is -3.47. The Kier molecular flexibility index (Phi) is 7.41. The van der Waals surface area contributed by atoms with E-state index in [4.69, 9.17) is 9.47 Å². The molecule has 3 rings (SSSR count). The van der Waals surface area contributed by atoms with Crippen molar-refractivity contribution in [2.45, 2.75) is 32.9 Å². The molecule has 10 nitrogen and oxygen atoms in total. The van der Waals surface area contributed by atoms with Gasteiger partial charge in [0.05, 0.1) is 31.4 Å². The maximum absolute atomic E-state index is 12.9. The van der Waals surface area contributed by atoms with Crippen molar-refractivity contribution in [1.82, 2.24) is 19.9 Å². The number of nitrogens with one attached hydrogen (secondary N) is 2. The number of anilines is 1. The second-order valence-corrected chi connectivity index (χ2v) is 8.05. The molecular weight excluding hydrogens is 434 g/mol. The molecule has 3 aromatic rings. The van der Waals surface area contributed by atoms with Gasteiger partial charge in [0.1, 0.15) is 12.6 Å². The molecular formula is C21H25N5O5S. The molecule has 2 heterocycles. The quantitative estimate of drug-likeness (QED) is 0.502. The van der Waals surface area contributed by atoms with Crippen molar-refractivity contribution in [1.29, 1.82) is 0 Å². The van der Waals surface area contributed by atoms with Crippen LogP contribution in [-0.2, 0) is 16.1 Å². The third-order valence-corrected chi connectivity index (χ3v) is 5.81. The molecule has 2 atom stereocenters. The Labute approximate surface area is 188 Å². The maximum atomic E-state index is 12.9. The van der Waals surface area contributed by atoms with E-state index in [1.807, 2.05) is 13.8 Å². The number of rotatable bonds is 9. The number of fused-ring (bicyclic) bond motifs is 1. The second kappa shape index (κ2) is 10.2. The fourth-order valence-electron chi connectivity index (χ4n) is 3.14. The molecule has 0 fully saturated rings. The first kappa shape index (κ1) is 23.2. The molecule has 0 spiro atoms. The van der Waals surface area contributed by atoms with Crippen LogP contribution in [0.3, 0.4) is 0 Å². The van der Waals surface area contributed by atoms with Crippen molar-refractivity contribution < 1.29 is 19.1 Å². The largest absolute Gasteiger partial charge is 0.493 e. The van der Waals surface area contributed by atoms with Crippen LogP contribution in [0, 0.1) is 5.92 Å². The van der Waals surface area contributed by atoms with Gasteiger partial charge in [0.2, 0.25) is 11.8 Å². The Balaban J connectivity index is 1.80. The summed E-state index contributed by atoms with van der Waals surface area (Å²) in [6.07, 6.45) is 3.56. The number of benzene rings is 1. The lowest BCUT2D eigenvalue weighted by Crippen LogP contribution is -2.49. The first-order chi connectivity index (χ1) is 15.4. The third kappa shape index (κ3) is 5.05. The normalized spacial score (nSPS) is 12.8. The summed E-state index contributed by atoms with van der Waals surface area (Å²) in [4.78, 5) is 46.6. The van der Waals surface area contributed by atoms with E-state index < -0.39 is 17.5 Å². The summed E-state index contributed by atoms with van der Waals surface area (Å²) in [5.74, 6) is -0.124. The number of amides is 2. The van der Waals surface area contributed by atoms with Crippen LogP contribution in [0.1, 0.15) is 20.3 Å². The molecule has 170 valence electrons. The number of aromatic nitrogens is 3. The summed E-state index contributed by atoms with van der Waals surface area (Å²) >= 11 is 1.29. The van der Waals surface area contributed by atoms with E-state index in [1.54, 1.807) is 17.6 Å². The van der Waals surface area contributed by atoms with Crippen LogP contribution in [0.25, 0.3) is 10.9 Å². The van der Waals surface area contributed by atoms with Gasteiger partial charge in [0.25, 0.3) is 5.56 Å². The Morgan fingerprint density at radius 2 is 1.91 bits per heavy atom. The van der Waals surface area contributed by atoms with Crippen molar-refractivity contribution in [3.8, 4) is 11.5 Å². The van der Waals surface area contributed by atoms with E-state index in [0.29, 0.717) is 28.6 Å². The first-order valence-electron chi connectivity index (χ1n) is 9.98. The minimum absolute atomic E-state index is 0.123. The zero-order valence-corrected chi connectivity index (χ0v) is 19.1. The van der Waals surface area contributed by atoms with Gasteiger partial charge in [0, 0.05) is 17.6 Å². The number of nitrogens with zero attached hydrogens (tertiary/aromatic N) is 3. The number of hydrogen-bond acceptors (Lipinski definition) is 8. The molecule has 2 aromatic heterocycles. The van der Waals surface area contributed by atoms with Crippen molar-refractivity contribution in [2.24, 2.45) is 5.92 Å². The molecule has 0 unspecified atom stereocenters. The molecule has 0 aliphatic carbocycles. The molecule has 0 saturated heterocycles. The number of thiazole rings is 1. The summed E-state index contributed by atoms with van der Waals surface area (Å²) in [6, 6.07) is 2.35. The standard InChI is InChI=1S/C21H25N5O5S/c1-5-12(2)18(19(28)25-21-22-6-7-32-21)24-17(27)10-26-11-23-14-9-16(31-4)15(30-3)8-13(14)20(26)29/h6-9,11-12,18H,5,10H2,1-4H3,(H,24,27)(H,22,25,28)/t12-,18-/m0/s1. The van der Waals surface area contributed by atoms with Gasteiger partial charge in [-0.05, 0) is 12.0 Å². The topological polar surface area (TPSA) is 124 Å².